The van der Waals surface area contributed by atoms with E-state index in [0.717, 1.165) is 0 Å². The summed E-state index contributed by atoms with van der Waals surface area (Å²) in [4.78, 5) is 0. The molecule has 2 nitrogen and oxygen atoms in total. The minimum absolute atomic E-state index is 1.19. The van der Waals surface area contributed by atoms with E-state index in [2.05, 4.69) is 43.2 Å². The Labute approximate surface area is 119 Å². The van der Waals surface area contributed by atoms with Crippen LogP contribution in [0.1, 0.15) is 76.6 Å². The van der Waals surface area contributed by atoms with Crippen LogP contribution in [0, 0.1) is 13.8 Å². The Balaban J connectivity index is 2.45. The van der Waals surface area contributed by atoms with Crippen molar-refractivity contribution in [1.82, 2.24) is 4.57 Å². The van der Waals surface area contributed by atoms with Crippen LogP contribution in [0.3, 0.4) is 0 Å². The summed E-state index contributed by atoms with van der Waals surface area (Å²) in [5, 5.41) is 0. The lowest BCUT2D eigenvalue weighted by Crippen LogP contribution is -2.34. The fraction of sp³-hybridized carbons (Fsp3) is 0.824. The molecule has 0 saturated carbocycles. The number of hydrogen-bond acceptors (Lipinski definition) is 0. The summed E-state index contributed by atoms with van der Waals surface area (Å²) >= 11 is 0. The molecule has 0 aliphatic heterocycles. The number of imidazole rings is 1. The van der Waals surface area contributed by atoms with Gasteiger partial charge in [-0.2, -0.15) is 0 Å². The van der Waals surface area contributed by atoms with E-state index in [-0.39, 0.29) is 0 Å². The third-order valence-corrected chi connectivity index (χ3v) is 4.17. The summed E-state index contributed by atoms with van der Waals surface area (Å²) in [7, 11) is 0. The van der Waals surface area contributed by atoms with Crippen LogP contribution in [0.25, 0.3) is 0 Å². The molecule has 0 atom stereocenters. The van der Waals surface area contributed by atoms with Crippen molar-refractivity contribution in [3.05, 3.63) is 17.7 Å². The van der Waals surface area contributed by atoms with Gasteiger partial charge < -0.3 is 0 Å². The fourth-order valence-electron chi connectivity index (χ4n) is 2.63. The first kappa shape index (κ1) is 16.3. The van der Waals surface area contributed by atoms with Gasteiger partial charge in [-0.1, -0.05) is 39.5 Å². The molecule has 2 heteroatoms. The molecule has 1 heterocycles. The lowest BCUT2D eigenvalue weighted by Gasteiger charge is -1.98. The second-order valence-corrected chi connectivity index (χ2v) is 5.79. The molecule has 1 aromatic rings. The first-order valence-electron chi connectivity index (χ1n) is 8.26. The maximum absolute atomic E-state index is 2.45. The molecule has 110 valence electrons. The summed E-state index contributed by atoms with van der Waals surface area (Å²) in [6, 6.07) is 0. The zero-order valence-corrected chi connectivity index (χ0v) is 13.5. The van der Waals surface area contributed by atoms with E-state index in [4.69, 9.17) is 0 Å². The van der Waals surface area contributed by atoms with Crippen LogP contribution in [-0.2, 0) is 13.1 Å². The largest absolute Gasteiger partial charge is 0.244 e. The Bertz CT molecular complexity index is 320. The van der Waals surface area contributed by atoms with Gasteiger partial charge in [0.05, 0.1) is 13.1 Å². The predicted octanol–water partition coefficient (Wildman–Crippen LogP) is 4.55. The Morgan fingerprint density at radius 1 is 0.895 bits per heavy atom. The molecule has 1 aromatic heterocycles. The Morgan fingerprint density at radius 2 is 1.53 bits per heavy atom. The molecule has 1 rings (SSSR count). The van der Waals surface area contributed by atoms with Gasteiger partial charge in [0, 0.05) is 13.8 Å². The van der Waals surface area contributed by atoms with Crippen LogP contribution in [0.5, 0.6) is 0 Å². The van der Waals surface area contributed by atoms with Gasteiger partial charge in [0.15, 0.2) is 0 Å². The molecule has 0 radical (unpaired) electrons. The van der Waals surface area contributed by atoms with Gasteiger partial charge in [0.25, 0.3) is 0 Å². The van der Waals surface area contributed by atoms with Gasteiger partial charge >= 0.3 is 0 Å². The lowest BCUT2D eigenvalue weighted by atomic mass is 10.2. The first-order valence-corrected chi connectivity index (χ1v) is 8.26. The van der Waals surface area contributed by atoms with Crippen LogP contribution >= 0.6 is 0 Å². The lowest BCUT2D eigenvalue weighted by molar-refractivity contribution is -0.702. The molecule has 0 amide bonds. The van der Waals surface area contributed by atoms with E-state index < -0.39 is 0 Å². The second-order valence-electron chi connectivity index (χ2n) is 5.79. The highest BCUT2D eigenvalue weighted by atomic mass is 15.1. The molecule has 0 fully saturated rings. The molecule has 0 aliphatic rings. The molecule has 0 aromatic carbocycles. The van der Waals surface area contributed by atoms with E-state index in [9.17, 15) is 0 Å². The molecule has 0 N–H and O–H groups in total. The summed E-state index contributed by atoms with van der Waals surface area (Å²) in [6.45, 7) is 11.4. The number of rotatable bonds is 10. The van der Waals surface area contributed by atoms with Gasteiger partial charge in [-0.15, -0.1) is 0 Å². The highest BCUT2D eigenvalue weighted by Crippen LogP contribution is 2.08. The van der Waals surface area contributed by atoms with Crippen molar-refractivity contribution >= 4 is 0 Å². The summed E-state index contributed by atoms with van der Waals surface area (Å²) in [5.41, 5.74) is 2.90. The standard InChI is InChI=1S/C17H33N2/c1-5-7-9-11-13-18-15-19(17(4)16(18)3)14-12-10-8-6-2/h15H,5-14H2,1-4H3/q+1. The highest BCUT2D eigenvalue weighted by Gasteiger charge is 2.14. The number of nitrogens with zero attached hydrogens (tertiary/aromatic N) is 2. The van der Waals surface area contributed by atoms with Gasteiger partial charge in [-0.3, -0.25) is 0 Å². The van der Waals surface area contributed by atoms with E-state index in [1.54, 1.807) is 0 Å². The zero-order valence-electron chi connectivity index (χ0n) is 13.5. The van der Waals surface area contributed by atoms with Crippen LogP contribution < -0.4 is 4.57 Å². The van der Waals surface area contributed by atoms with Crippen molar-refractivity contribution in [2.24, 2.45) is 0 Å². The topological polar surface area (TPSA) is 8.81 Å². The van der Waals surface area contributed by atoms with Gasteiger partial charge in [0.1, 0.15) is 11.4 Å². The number of unbranched alkanes of at least 4 members (excludes halogenated alkanes) is 6. The van der Waals surface area contributed by atoms with Crippen molar-refractivity contribution in [2.45, 2.75) is 92.2 Å². The minimum Gasteiger partial charge on any atom is -0.234 e. The van der Waals surface area contributed by atoms with Crippen LogP contribution in [0.4, 0.5) is 0 Å². The maximum atomic E-state index is 2.45. The van der Waals surface area contributed by atoms with Gasteiger partial charge in [0.2, 0.25) is 6.33 Å². The van der Waals surface area contributed by atoms with Crippen LogP contribution in [0.2, 0.25) is 0 Å². The number of hydrogen-bond donors (Lipinski definition) is 0. The third kappa shape index (κ3) is 5.38. The molecular weight excluding hydrogens is 232 g/mol. The summed E-state index contributed by atoms with van der Waals surface area (Å²) in [5.74, 6) is 0. The van der Waals surface area contributed by atoms with Crippen molar-refractivity contribution in [2.75, 3.05) is 0 Å². The number of aryl methyl sites for hydroxylation is 2. The summed E-state index contributed by atoms with van der Waals surface area (Å²) < 4.78 is 4.90. The van der Waals surface area contributed by atoms with E-state index >= 15 is 0 Å². The molecule has 0 bridgehead atoms. The molecule has 0 unspecified atom stereocenters. The molecule has 0 saturated heterocycles. The Kier molecular flexibility index (Phi) is 7.85. The van der Waals surface area contributed by atoms with E-state index in [1.807, 2.05) is 0 Å². The normalized spacial score (nSPS) is 11.2. The third-order valence-electron chi connectivity index (χ3n) is 4.17. The Hall–Kier alpha value is -0.790. The van der Waals surface area contributed by atoms with E-state index in [0.29, 0.717) is 0 Å². The molecule has 19 heavy (non-hydrogen) atoms. The van der Waals surface area contributed by atoms with Gasteiger partial charge in [-0.25, -0.2) is 9.13 Å². The van der Waals surface area contributed by atoms with Crippen molar-refractivity contribution in [3.63, 3.8) is 0 Å². The average molecular weight is 265 g/mol. The minimum atomic E-state index is 1.19. The molecule has 0 spiro atoms. The van der Waals surface area contributed by atoms with Crippen molar-refractivity contribution in [3.8, 4) is 0 Å². The van der Waals surface area contributed by atoms with Crippen molar-refractivity contribution < 1.29 is 4.57 Å². The summed E-state index contributed by atoms with van der Waals surface area (Å²) in [6.07, 6.45) is 13.1. The maximum Gasteiger partial charge on any atom is 0.244 e. The van der Waals surface area contributed by atoms with Gasteiger partial charge in [-0.05, 0) is 25.7 Å². The van der Waals surface area contributed by atoms with Crippen molar-refractivity contribution in [1.29, 1.82) is 0 Å². The number of aromatic nitrogens is 2. The predicted molar refractivity (Wildman–Crippen MR) is 82.4 cm³/mol. The molecule has 0 aliphatic carbocycles. The monoisotopic (exact) mass is 265 g/mol. The quantitative estimate of drug-likeness (QED) is 0.433. The second kappa shape index (κ2) is 9.17. The highest BCUT2D eigenvalue weighted by molar-refractivity contribution is 5.02. The first-order chi connectivity index (χ1) is 9.20. The molecular formula is C17H33N2+. The average Bonchev–Trinajstić information content (AvgIpc) is 2.68. The smallest absolute Gasteiger partial charge is 0.234 e. The van der Waals surface area contributed by atoms with Crippen LogP contribution in [-0.4, -0.2) is 4.57 Å². The fourth-order valence-corrected chi connectivity index (χ4v) is 2.63. The van der Waals surface area contributed by atoms with E-state index in [1.165, 1.54) is 75.8 Å². The SMILES string of the molecule is CCCCCCn1c[n+](CCCCCC)c(C)c1C. The zero-order chi connectivity index (χ0) is 14.1. The van der Waals surface area contributed by atoms with Crippen LogP contribution in [0.15, 0.2) is 6.33 Å². The Morgan fingerprint density at radius 3 is 2.16 bits per heavy atom.